The van der Waals surface area contributed by atoms with Crippen molar-refractivity contribution in [1.82, 2.24) is 9.88 Å². The summed E-state index contributed by atoms with van der Waals surface area (Å²) < 4.78 is 46.9. The number of anilines is 1. The molecule has 12 heteroatoms. The second kappa shape index (κ2) is 13.0. The monoisotopic (exact) mass is 616 g/mol. The average molecular weight is 617 g/mol. The molecule has 0 unspecified atom stereocenters. The first kappa shape index (κ1) is 30.9. The molecule has 1 aliphatic heterocycles. The number of carbonyl (C=O) groups is 4. The Morgan fingerprint density at radius 2 is 1.58 bits per heavy atom. The van der Waals surface area contributed by atoms with E-state index in [0.717, 1.165) is 22.6 Å². The van der Waals surface area contributed by atoms with Crippen molar-refractivity contribution in [3.63, 3.8) is 0 Å². The third-order valence-electron chi connectivity index (χ3n) is 7.13. The Labute approximate surface area is 255 Å². The molecule has 0 saturated heterocycles. The van der Waals surface area contributed by atoms with Crippen LogP contribution in [0.4, 0.5) is 18.9 Å². The number of primary amides is 1. The highest BCUT2D eigenvalue weighted by atomic mass is 19.4. The Bertz CT molecular complexity index is 1760. The molecule has 0 atom stereocenters. The maximum Gasteiger partial charge on any atom is 0.416 e. The van der Waals surface area contributed by atoms with Crippen molar-refractivity contribution in [1.29, 1.82) is 0 Å². The molecule has 1 aromatic heterocycles. The number of imide groups is 1. The molecule has 5 rings (SSSR count). The molecule has 230 valence electrons. The van der Waals surface area contributed by atoms with E-state index < -0.39 is 35.4 Å². The third kappa shape index (κ3) is 7.53. The first-order valence-corrected chi connectivity index (χ1v) is 13.9. The maximum absolute atomic E-state index is 13.7. The summed E-state index contributed by atoms with van der Waals surface area (Å²) in [6, 6.07) is 19.7. The number of rotatable bonds is 11. The van der Waals surface area contributed by atoms with E-state index in [-0.39, 0.29) is 60.5 Å². The van der Waals surface area contributed by atoms with Gasteiger partial charge in [-0.1, -0.05) is 24.3 Å². The van der Waals surface area contributed by atoms with Crippen LogP contribution in [0.25, 0.3) is 0 Å². The summed E-state index contributed by atoms with van der Waals surface area (Å²) in [4.78, 5) is 54.3. The molecule has 9 nitrogen and oxygen atoms in total. The summed E-state index contributed by atoms with van der Waals surface area (Å²) >= 11 is 0. The normalized spacial score (nSPS) is 12.6. The fourth-order valence-electron chi connectivity index (χ4n) is 4.89. The highest BCUT2D eigenvalue weighted by Gasteiger charge is 2.35. The first-order chi connectivity index (χ1) is 21.5. The Kier molecular flexibility index (Phi) is 8.93. The van der Waals surface area contributed by atoms with Gasteiger partial charge >= 0.3 is 6.18 Å². The molecule has 0 aliphatic carbocycles. The Morgan fingerprint density at radius 3 is 2.27 bits per heavy atom. The molecule has 0 radical (unpaired) electrons. The quantitative estimate of drug-likeness (QED) is 0.223. The van der Waals surface area contributed by atoms with Crippen LogP contribution >= 0.6 is 0 Å². The van der Waals surface area contributed by atoms with Crippen molar-refractivity contribution in [2.24, 2.45) is 5.73 Å². The molecule has 0 fully saturated rings. The number of hydrogen-bond donors (Lipinski definition) is 2. The summed E-state index contributed by atoms with van der Waals surface area (Å²) in [6.07, 6.45) is -2.99. The number of carbonyl (C=O) groups excluding carboxylic acids is 4. The maximum atomic E-state index is 13.7. The number of aryl methyl sites for hydroxylation is 1. The number of fused-ring (bicyclic) bond motifs is 1. The average Bonchev–Trinajstić information content (AvgIpc) is 3.26. The van der Waals surface area contributed by atoms with Crippen LogP contribution in [-0.4, -0.2) is 40.1 Å². The van der Waals surface area contributed by atoms with Gasteiger partial charge in [0.05, 0.1) is 16.7 Å². The van der Waals surface area contributed by atoms with Gasteiger partial charge in [0.2, 0.25) is 5.91 Å². The number of amides is 4. The van der Waals surface area contributed by atoms with Crippen molar-refractivity contribution in [2.45, 2.75) is 32.0 Å². The lowest BCUT2D eigenvalue weighted by molar-refractivity contribution is -0.137. The number of hydrogen-bond acceptors (Lipinski definition) is 6. The fraction of sp³-hybridized carbons (Fsp3) is 0.182. The molecule has 3 N–H and O–H groups in total. The highest BCUT2D eigenvalue weighted by molar-refractivity contribution is 6.21. The Balaban J connectivity index is 1.20. The lowest BCUT2D eigenvalue weighted by Gasteiger charge is -2.16. The van der Waals surface area contributed by atoms with E-state index in [0.29, 0.717) is 11.3 Å². The summed E-state index contributed by atoms with van der Waals surface area (Å²) in [5.41, 5.74) is 6.54. The van der Waals surface area contributed by atoms with Crippen molar-refractivity contribution in [2.75, 3.05) is 11.9 Å². The van der Waals surface area contributed by atoms with Crippen molar-refractivity contribution in [3.05, 3.63) is 124 Å². The second-order valence-electron chi connectivity index (χ2n) is 10.4. The van der Waals surface area contributed by atoms with Crippen LogP contribution in [0.3, 0.4) is 0 Å². The molecule has 4 aromatic rings. The van der Waals surface area contributed by atoms with Crippen LogP contribution in [0.15, 0.2) is 85.1 Å². The minimum atomic E-state index is -4.68. The summed E-state index contributed by atoms with van der Waals surface area (Å²) in [6.45, 7) is 0.0323. The summed E-state index contributed by atoms with van der Waals surface area (Å²) in [5.74, 6) is -1.63. The van der Waals surface area contributed by atoms with Gasteiger partial charge in [0.15, 0.2) is 0 Å². The predicted molar refractivity (Wildman–Crippen MR) is 157 cm³/mol. The van der Waals surface area contributed by atoms with Gasteiger partial charge in [0.25, 0.3) is 17.7 Å². The van der Waals surface area contributed by atoms with Crippen LogP contribution < -0.4 is 15.8 Å². The molecule has 2 heterocycles. The standard InChI is InChI=1S/C33H27F3N4O5/c34-33(35,36)23-14-21(11-13-40-31(43)26-6-1-2-7-27(26)32(40)44)15-24(18-23)39-29(41)9-8-20-4-3-5-25(16-20)45-19-22-10-12-38-28(17-22)30(37)42/h1-7,10,12,14-18H,8-9,11,13,19H2,(H2,37,42)(H,39,41). The molecule has 45 heavy (non-hydrogen) atoms. The smallest absolute Gasteiger partial charge is 0.416 e. The highest BCUT2D eigenvalue weighted by Crippen LogP contribution is 2.33. The van der Waals surface area contributed by atoms with Crippen LogP contribution in [-0.2, 0) is 30.4 Å². The zero-order valence-corrected chi connectivity index (χ0v) is 23.8. The van der Waals surface area contributed by atoms with Crippen molar-refractivity contribution >= 4 is 29.3 Å². The third-order valence-corrected chi connectivity index (χ3v) is 7.13. The van der Waals surface area contributed by atoms with E-state index in [1.807, 2.05) is 0 Å². The Morgan fingerprint density at radius 1 is 0.844 bits per heavy atom. The van der Waals surface area contributed by atoms with Crippen molar-refractivity contribution < 1.29 is 37.1 Å². The molecular weight excluding hydrogens is 589 g/mol. The van der Waals surface area contributed by atoms with E-state index in [1.54, 1.807) is 42.5 Å². The first-order valence-electron chi connectivity index (χ1n) is 13.9. The zero-order chi connectivity index (χ0) is 32.1. The predicted octanol–water partition coefficient (Wildman–Crippen LogP) is 5.19. The topological polar surface area (TPSA) is 132 Å². The largest absolute Gasteiger partial charge is 0.489 e. The number of aromatic nitrogens is 1. The molecule has 0 spiro atoms. The summed E-state index contributed by atoms with van der Waals surface area (Å²) in [5, 5.41) is 2.54. The lowest BCUT2D eigenvalue weighted by Crippen LogP contribution is -2.31. The van der Waals surface area contributed by atoms with Gasteiger partial charge in [-0.05, 0) is 84.1 Å². The van der Waals surface area contributed by atoms with Crippen LogP contribution in [0.5, 0.6) is 5.75 Å². The fourth-order valence-corrected chi connectivity index (χ4v) is 4.89. The second-order valence-corrected chi connectivity index (χ2v) is 10.4. The molecule has 1 aliphatic rings. The van der Waals surface area contributed by atoms with Gasteiger partial charge in [-0.15, -0.1) is 0 Å². The SMILES string of the molecule is NC(=O)c1cc(COc2cccc(CCC(=O)Nc3cc(CCN4C(=O)c5ccccc5C4=O)cc(C(F)(F)F)c3)c2)ccn1. The van der Waals surface area contributed by atoms with Crippen molar-refractivity contribution in [3.8, 4) is 5.75 Å². The lowest BCUT2D eigenvalue weighted by atomic mass is 10.1. The van der Waals surface area contributed by atoms with Crippen LogP contribution in [0, 0.1) is 0 Å². The number of benzene rings is 3. The van der Waals surface area contributed by atoms with E-state index in [1.165, 1.54) is 30.5 Å². The molecule has 0 saturated carbocycles. The number of halogens is 3. The number of alkyl halides is 3. The van der Waals surface area contributed by atoms with E-state index in [9.17, 15) is 32.3 Å². The van der Waals surface area contributed by atoms with Gasteiger partial charge in [-0.2, -0.15) is 13.2 Å². The van der Waals surface area contributed by atoms with E-state index in [2.05, 4.69) is 10.3 Å². The van der Waals surface area contributed by atoms with Gasteiger partial charge in [0, 0.05) is 24.8 Å². The molecular formula is C33H27F3N4O5. The van der Waals surface area contributed by atoms with E-state index >= 15 is 0 Å². The summed E-state index contributed by atoms with van der Waals surface area (Å²) in [7, 11) is 0. The van der Waals surface area contributed by atoms with Gasteiger partial charge < -0.3 is 15.8 Å². The zero-order valence-electron chi connectivity index (χ0n) is 23.8. The van der Waals surface area contributed by atoms with E-state index in [4.69, 9.17) is 10.5 Å². The molecule has 4 amide bonds. The number of nitrogens with one attached hydrogen (secondary N) is 1. The van der Waals surface area contributed by atoms with Crippen LogP contribution in [0.1, 0.15) is 59.9 Å². The number of nitrogens with two attached hydrogens (primary N) is 1. The number of pyridine rings is 1. The van der Waals surface area contributed by atoms with Gasteiger partial charge in [-0.25, -0.2) is 0 Å². The van der Waals surface area contributed by atoms with Gasteiger partial charge in [-0.3, -0.25) is 29.1 Å². The molecule has 0 bridgehead atoms. The molecule has 3 aromatic carbocycles. The van der Waals surface area contributed by atoms with Gasteiger partial charge in [0.1, 0.15) is 18.1 Å². The Hall–Kier alpha value is -5.52. The number of ether oxygens (including phenoxy) is 1. The minimum Gasteiger partial charge on any atom is -0.489 e. The number of nitrogens with zero attached hydrogens (tertiary/aromatic N) is 2. The van der Waals surface area contributed by atoms with Crippen LogP contribution in [0.2, 0.25) is 0 Å². The minimum absolute atomic E-state index is 0.0175.